The zero-order chi connectivity index (χ0) is 16.7. The van der Waals surface area contributed by atoms with Gasteiger partial charge in [0.2, 0.25) is 0 Å². The Bertz CT molecular complexity index is 220. The van der Waals surface area contributed by atoms with Gasteiger partial charge in [-0.25, -0.2) is 0 Å². The summed E-state index contributed by atoms with van der Waals surface area (Å²) in [7, 11) is 0.882. The molecule has 0 N–H and O–H groups in total. The van der Waals surface area contributed by atoms with Crippen molar-refractivity contribution < 1.29 is 13.9 Å². The van der Waals surface area contributed by atoms with E-state index in [0.29, 0.717) is 18.3 Å². The molecule has 0 aliphatic carbocycles. The lowest BCUT2D eigenvalue weighted by Crippen LogP contribution is -2.20. The fourth-order valence-electron chi connectivity index (χ4n) is 1.31. The molecule has 0 amide bonds. The van der Waals surface area contributed by atoms with Crippen LogP contribution in [0.25, 0.3) is 0 Å². The second kappa shape index (κ2) is 16.2. The van der Waals surface area contributed by atoms with E-state index >= 15 is 0 Å². The second-order valence-electron chi connectivity index (χ2n) is 5.46. The highest BCUT2D eigenvalue weighted by molar-refractivity contribution is 5.98. The van der Waals surface area contributed by atoms with Crippen LogP contribution in [0.4, 0.5) is 0 Å². The molecule has 21 heavy (non-hydrogen) atoms. The highest BCUT2D eigenvalue weighted by atomic mass is 28.2. The number of hydrogen-bond donors (Lipinski definition) is 0. The van der Waals surface area contributed by atoms with Crippen molar-refractivity contribution in [3.05, 3.63) is 12.7 Å². The standard InChI is InChI=1S/C13H26O2.C4H12OSi/c1-6-11(4)14-10-9-13(8-3)15-12(5)7-2;1-3-4(2)5-6/h8,11-13H,3,6-7,9-10H2,1-2,4-5H3;4H,3H2,1-2,6H3. The van der Waals surface area contributed by atoms with E-state index in [1.54, 1.807) is 0 Å². The van der Waals surface area contributed by atoms with Gasteiger partial charge in [-0.05, 0) is 40.0 Å². The van der Waals surface area contributed by atoms with Gasteiger partial charge in [0, 0.05) is 19.1 Å². The fraction of sp³-hybridized carbons (Fsp3) is 0.882. The van der Waals surface area contributed by atoms with Crippen LogP contribution in [0.5, 0.6) is 0 Å². The molecule has 3 nitrogen and oxygen atoms in total. The van der Waals surface area contributed by atoms with Crippen LogP contribution in [0.3, 0.4) is 0 Å². The van der Waals surface area contributed by atoms with E-state index in [-0.39, 0.29) is 6.10 Å². The summed E-state index contributed by atoms with van der Waals surface area (Å²) in [5.41, 5.74) is 0. The number of ether oxygens (including phenoxy) is 2. The van der Waals surface area contributed by atoms with Gasteiger partial charge in [-0.3, -0.25) is 0 Å². The molecule has 0 saturated carbocycles. The first kappa shape index (κ1) is 23.1. The molecule has 128 valence electrons. The predicted octanol–water partition coefficient (Wildman–Crippen LogP) is 3.64. The van der Waals surface area contributed by atoms with Crippen LogP contribution in [0.1, 0.15) is 67.2 Å². The maximum Gasteiger partial charge on any atom is 0.146 e. The summed E-state index contributed by atoms with van der Waals surface area (Å²) in [5.74, 6) is 0. The van der Waals surface area contributed by atoms with Crippen molar-refractivity contribution in [3.63, 3.8) is 0 Å². The van der Waals surface area contributed by atoms with Crippen molar-refractivity contribution in [2.75, 3.05) is 6.61 Å². The van der Waals surface area contributed by atoms with Crippen LogP contribution >= 0.6 is 0 Å². The molecule has 0 aromatic heterocycles. The third kappa shape index (κ3) is 16.0. The molecule has 0 rings (SSSR count). The van der Waals surface area contributed by atoms with Crippen LogP contribution in [-0.2, 0) is 13.9 Å². The quantitative estimate of drug-likeness (QED) is 0.430. The van der Waals surface area contributed by atoms with Crippen LogP contribution < -0.4 is 0 Å². The Morgan fingerprint density at radius 3 is 1.81 bits per heavy atom. The maximum absolute atomic E-state index is 5.77. The zero-order valence-electron chi connectivity index (χ0n) is 15.4. The molecule has 0 spiro atoms. The van der Waals surface area contributed by atoms with Crippen molar-refractivity contribution >= 4 is 10.5 Å². The molecule has 0 radical (unpaired) electrons. The zero-order valence-corrected chi connectivity index (χ0v) is 17.4. The first-order valence-corrected chi connectivity index (χ1v) is 9.18. The molecular formula is C17H38O3Si. The normalized spacial score (nSPS) is 16.5. The first-order chi connectivity index (χ1) is 9.94. The Balaban J connectivity index is 0. The van der Waals surface area contributed by atoms with Gasteiger partial charge in [-0.1, -0.05) is 26.8 Å². The average Bonchev–Trinajstić information content (AvgIpc) is 2.52. The number of rotatable bonds is 11. The van der Waals surface area contributed by atoms with Crippen molar-refractivity contribution in [2.45, 2.75) is 91.6 Å². The highest BCUT2D eigenvalue weighted by Gasteiger charge is 2.09. The summed E-state index contributed by atoms with van der Waals surface area (Å²) in [5, 5.41) is 0. The summed E-state index contributed by atoms with van der Waals surface area (Å²) in [6.07, 6.45) is 7.28. The molecule has 4 unspecified atom stereocenters. The van der Waals surface area contributed by atoms with E-state index < -0.39 is 0 Å². The number of hydrogen-bond acceptors (Lipinski definition) is 3. The van der Waals surface area contributed by atoms with Crippen LogP contribution in [0.15, 0.2) is 12.7 Å². The summed E-state index contributed by atoms with van der Waals surface area (Å²) < 4.78 is 16.4. The highest BCUT2D eigenvalue weighted by Crippen LogP contribution is 2.08. The molecular weight excluding hydrogens is 280 g/mol. The molecule has 0 bridgehead atoms. The lowest BCUT2D eigenvalue weighted by atomic mass is 10.2. The van der Waals surface area contributed by atoms with E-state index in [1.165, 1.54) is 0 Å². The van der Waals surface area contributed by atoms with Gasteiger partial charge in [0.15, 0.2) is 0 Å². The molecule has 0 aromatic rings. The van der Waals surface area contributed by atoms with Gasteiger partial charge in [-0.15, -0.1) is 6.58 Å². The Morgan fingerprint density at radius 2 is 1.48 bits per heavy atom. The predicted molar refractivity (Wildman–Crippen MR) is 95.9 cm³/mol. The average molecular weight is 319 g/mol. The topological polar surface area (TPSA) is 27.7 Å². The van der Waals surface area contributed by atoms with Crippen molar-refractivity contribution in [1.82, 2.24) is 0 Å². The van der Waals surface area contributed by atoms with Gasteiger partial charge in [0.25, 0.3) is 0 Å². The largest absolute Gasteiger partial charge is 0.425 e. The molecule has 0 saturated heterocycles. The van der Waals surface area contributed by atoms with Gasteiger partial charge in [-0.2, -0.15) is 0 Å². The molecule has 4 heteroatoms. The van der Waals surface area contributed by atoms with E-state index in [0.717, 1.165) is 42.8 Å². The van der Waals surface area contributed by atoms with Gasteiger partial charge >= 0.3 is 0 Å². The summed E-state index contributed by atoms with van der Waals surface area (Å²) in [6, 6.07) is 0. The molecule has 0 aliphatic rings. The third-order valence-corrected chi connectivity index (χ3v) is 4.41. The molecule has 4 atom stereocenters. The molecule has 0 aliphatic heterocycles. The molecule has 0 fully saturated rings. The van der Waals surface area contributed by atoms with E-state index in [1.807, 2.05) is 6.08 Å². The minimum Gasteiger partial charge on any atom is -0.425 e. The van der Waals surface area contributed by atoms with Crippen LogP contribution in [0, 0.1) is 0 Å². The van der Waals surface area contributed by atoms with Gasteiger partial charge in [0.05, 0.1) is 18.3 Å². The maximum atomic E-state index is 5.77. The summed E-state index contributed by atoms with van der Waals surface area (Å²) in [6.45, 7) is 17.2. The first-order valence-electron chi connectivity index (χ1n) is 8.37. The summed E-state index contributed by atoms with van der Waals surface area (Å²) in [4.78, 5) is 0. The van der Waals surface area contributed by atoms with Gasteiger partial charge in [0.1, 0.15) is 10.5 Å². The fourth-order valence-corrected chi connectivity index (χ4v) is 1.64. The Morgan fingerprint density at radius 1 is 0.952 bits per heavy atom. The van der Waals surface area contributed by atoms with Crippen molar-refractivity contribution in [2.24, 2.45) is 0 Å². The smallest absolute Gasteiger partial charge is 0.146 e. The van der Waals surface area contributed by atoms with Crippen molar-refractivity contribution in [1.29, 1.82) is 0 Å². The van der Waals surface area contributed by atoms with E-state index in [4.69, 9.17) is 13.9 Å². The monoisotopic (exact) mass is 318 g/mol. The Labute approximate surface area is 136 Å². The Hall–Kier alpha value is -0.163. The van der Waals surface area contributed by atoms with Crippen LogP contribution in [-0.4, -0.2) is 41.5 Å². The second-order valence-corrected chi connectivity index (χ2v) is 5.93. The van der Waals surface area contributed by atoms with Crippen molar-refractivity contribution in [3.8, 4) is 0 Å². The SMILES string of the molecule is C=CC(CCOC(C)CC)OC(C)CC.CCC(C)O[SiH3]. The summed E-state index contributed by atoms with van der Waals surface area (Å²) >= 11 is 0. The molecule has 0 heterocycles. The molecule has 0 aromatic carbocycles. The minimum absolute atomic E-state index is 0.129. The van der Waals surface area contributed by atoms with E-state index in [2.05, 4.69) is 48.1 Å². The third-order valence-electron chi connectivity index (χ3n) is 3.60. The van der Waals surface area contributed by atoms with E-state index in [9.17, 15) is 0 Å². The van der Waals surface area contributed by atoms with Gasteiger partial charge < -0.3 is 13.9 Å². The minimum atomic E-state index is 0.129. The lowest BCUT2D eigenvalue weighted by Gasteiger charge is -2.19. The Kier molecular flexibility index (Phi) is 17.8. The van der Waals surface area contributed by atoms with Crippen LogP contribution in [0.2, 0.25) is 0 Å². The lowest BCUT2D eigenvalue weighted by molar-refractivity contribution is -0.0100.